The molecular weight excluding hydrogens is 438 g/mol. The third-order valence-corrected chi connectivity index (χ3v) is 5.91. The van der Waals surface area contributed by atoms with Crippen molar-refractivity contribution in [2.75, 3.05) is 6.54 Å². The lowest BCUT2D eigenvalue weighted by atomic mass is 9.98. The van der Waals surface area contributed by atoms with Crippen LogP contribution in [0.25, 0.3) is 11.0 Å². The molecule has 0 aliphatic carbocycles. The Hall–Kier alpha value is -3.83. The Morgan fingerprint density at radius 3 is 2.64 bits per heavy atom. The quantitative estimate of drug-likeness (QED) is 0.345. The summed E-state index contributed by atoms with van der Waals surface area (Å²) in [6.45, 7) is 4.45. The molecule has 1 amide bonds. The largest absolute Gasteiger partial charge is 0.489 e. The van der Waals surface area contributed by atoms with Gasteiger partial charge in [0.05, 0.1) is 17.0 Å². The zero-order valence-electron chi connectivity index (χ0n) is 17.7. The maximum atomic E-state index is 13.5. The minimum absolute atomic E-state index is 0.0530. The van der Waals surface area contributed by atoms with Gasteiger partial charge in [0.25, 0.3) is 5.91 Å². The molecule has 33 heavy (non-hydrogen) atoms. The molecule has 5 nitrogen and oxygen atoms in total. The highest BCUT2D eigenvalue weighted by Crippen LogP contribution is 2.39. The van der Waals surface area contributed by atoms with Crippen molar-refractivity contribution in [3.8, 4) is 5.75 Å². The molecule has 3 aromatic carbocycles. The van der Waals surface area contributed by atoms with E-state index in [1.165, 1.54) is 0 Å². The molecule has 0 bridgehead atoms. The zero-order valence-corrected chi connectivity index (χ0v) is 18.4. The highest BCUT2D eigenvalue weighted by Gasteiger charge is 2.42. The number of fused-ring (bicyclic) bond motifs is 2. The summed E-state index contributed by atoms with van der Waals surface area (Å²) >= 11 is 6.12. The Morgan fingerprint density at radius 1 is 1.03 bits per heavy atom. The Morgan fingerprint density at radius 2 is 1.85 bits per heavy atom. The monoisotopic (exact) mass is 457 g/mol. The molecule has 0 radical (unpaired) electrons. The second kappa shape index (κ2) is 8.60. The van der Waals surface area contributed by atoms with E-state index in [0.717, 1.165) is 11.1 Å². The summed E-state index contributed by atoms with van der Waals surface area (Å²) in [4.78, 5) is 28.3. The number of halogens is 1. The summed E-state index contributed by atoms with van der Waals surface area (Å²) in [5, 5.41) is 0.769. The van der Waals surface area contributed by atoms with Crippen LogP contribution in [0.15, 0.2) is 94.7 Å². The van der Waals surface area contributed by atoms with Gasteiger partial charge >= 0.3 is 0 Å². The van der Waals surface area contributed by atoms with Crippen LogP contribution in [-0.4, -0.2) is 17.4 Å². The number of hydrogen-bond donors (Lipinski definition) is 0. The molecule has 0 spiro atoms. The average molecular weight is 458 g/mol. The lowest BCUT2D eigenvalue weighted by molar-refractivity contribution is 0.0748. The van der Waals surface area contributed by atoms with Crippen LogP contribution in [0.5, 0.6) is 5.75 Å². The molecule has 164 valence electrons. The Balaban J connectivity index is 1.59. The van der Waals surface area contributed by atoms with E-state index >= 15 is 0 Å². The maximum Gasteiger partial charge on any atom is 0.291 e. The molecule has 4 aromatic rings. The molecule has 0 N–H and O–H groups in total. The van der Waals surface area contributed by atoms with E-state index < -0.39 is 6.04 Å². The van der Waals surface area contributed by atoms with Crippen LogP contribution in [0.2, 0.25) is 5.02 Å². The predicted molar refractivity (Wildman–Crippen MR) is 128 cm³/mol. The minimum Gasteiger partial charge on any atom is -0.489 e. The van der Waals surface area contributed by atoms with Crippen molar-refractivity contribution in [1.29, 1.82) is 0 Å². The number of carbonyl (C=O) groups excluding carboxylic acids is 1. The van der Waals surface area contributed by atoms with E-state index in [0.29, 0.717) is 33.9 Å². The van der Waals surface area contributed by atoms with Crippen molar-refractivity contribution < 1.29 is 13.9 Å². The van der Waals surface area contributed by atoms with Gasteiger partial charge in [-0.25, -0.2) is 0 Å². The third-order valence-electron chi connectivity index (χ3n) is 5.68. The van der Waals surface area contributed by atoms with Crippen molar-refractivity contribution in [3.05, 3.63) is 123 Å². The highest BCUT2D eigenvalue weighted by atomic mass is 35.5. The van der Waals surface area contributed by atoms with Gasteiger partial charge in [-0.1, -0.05) is 60.1 Å². The molecule has 5 rings (SSSR count). The van der Waals surface area contributed by atoms with Crippen LogP contribution < -0.4 is 10.2 Å². The summed E-state index contributed by atoms with van der Waals surface area (Å²) in [5.41, 5.74) is 2.16. The minimum atomic E-state index is -0.620. The van der Waals surface area contributed by atoms with E-state index in [9.17, 15) is 9.59 Å². The van der Waals surface area contributed by atoms with Gasteiger partial charge in [0, 0.05) is 11.6 Å². The molecule has 1 aliphatic heterocycles. The van der Waals surface area contributed by atoms with Gasteiger partial charge in [-0.2, -0.15) is 0 Å². The van der Waals surface area contributed by atoms with Crippen molar-refractivity contribution in [1.82, 2.24) is 4.90 Å². The molecule has 0 fully saturated rings. The lowest BCUT2D eigenvalue weighted by Gasteiger charge is -2.24. The molecular formula is C27H20ClNO4. The number of ether oxygens (including phenoxy) is 1. The zero-order chi connectivity index (χ0) is 22.9. The number of nitrogens with zero attached hydrogens (tertiary/aromatic N) is 1. The fourth-order valence-electron chi connectivity index (χ4n) is 4.18. The van der Waals surface area contributed by atoms with Crippen molar-refractivity contribution in [2.45, 2.75) is 12.6 Å². The Bertz CT molecular complexity index is 1430. The second-order valence-corrected chi connectivity index (χ2v) is 8.25. The van der Waals surface area contributed by atoms with Crippen molar-refractivity contribution in [3.63, 3.8) is 0 Å². The number of amides is 1. The fourth-order valence-corrected chi connectivity index (χ4v) is 4.35. The van der Waals surface area contributed by atoms with Gasteiger partial charge in [-0.15, -0.1) is 6.58 Å². The Kier molecular flexibility index (Phi) is 5.48. The molecule has 0 unspecified atom stereocenters. The lowest BCUT2D eigenvalue weighted by Crippen LogP contribution is -2.29. The number of benzene rings is 3. The van der Waals surface area contributed by atoms with Crippen LogP contribution in [0.3, 0.4) is 0 Å². The first-order valence-electron chi connectivity index (χ1n) is 10.5. The number of rotatable bonds is 6. The standard InChI is InChI=1S/C27H20ClNO4/c1-2-13-29-24(18-9-6-10-20(14-18)32-16-17-7-4-3-5-8-17)23-25(30)21-15-19(28)11-12-22(21)33-26(23)27(29)31/h2-12,14-15,24H,1,13,16H2/t24-/m0/s1. The van der Waals surface area contributed by atoms with Gasteiger partial charge in [-0.05, 0) is 41.5 Å². The molecule has 0 saturated heterocycles. The van der Waals surface area contributed by atoms with Gasteiger partial charge in [-0.3, -0.25) is 9.59 Å². The normalized spacial score (nSPS) is 15.0. The molecule has 1 atom stereocenters. The first-order chi connectivity index (χ1) is 16.1. The molecule has 6 heteroatoms. The molecule has 1 aromatic heterocycles. The predicted octanol–water partition coefficient (Wildman–Crippen LogP) is 5.76. The van der Waals surface area contributed by atoms with Crippen LogP contribution in [0.4, 0.5) is 0 Å². The topological polar surface area (TPSA) is 59.8 Å². The third kappa shape index (κ3) is 3.81. The van der Waals surface area contributed by atoms with Crippen molar-refractivity contribution in [2.24, 2.45) is 0 Å². The number of carbonyl (C=O) groups is 1. The summed E-state index contributed by atoms with van der Waals surface area (Å²) in [7, 11) is 0. The fraction of sp³-hybridized carbons (Fsp3) is 0.111. The summed E-state index contributed by atoms with van der Waals surface area (Å²) < 4.78 is 11.9. The summed E-state index contributed by atoms with van der Waals surface area (Å²) in [6, 6.07) is 21.5. The SMILES string of the molecule is C=CCN1C(=O)c2oc3ccc(Cl)cc3c(=O)c2[C@@H]1c1cccc(OCc2ccccc2)c1. The summed E-state index contributed by atoms with van der Waals surface area (Å²) in [5.74, 6) is 0.348. The first-order valence-corrected chi connectivity index (χ1v) is 10.9. The maximum absolute atomic E-state index is 13.5. The summed E-state index contributed by atoms with van der Waals surface area (Å²) in [6.07, 6.45) is 1.63. The van der Waals surface area contributed by atoms with Crippen LogP contribution in [0.1, 0.15) is 33.3 Å². The van der Waals surface area contributed by atoms with Gasteiger partial charge in [0.15, 0.2) is 5.43 Å². The van der Waals surface area contributed by atoms with Gasteiger partial charge < -0.3 is 14.1 Å². The van der Waals surface area contributed by atoms with E-state index in [-0.39, 0.29) is 23.6 Å². The average Bonchev–Trinajstić information content (AvgIpc) is 3.11. The Labute approximate surface area is 195 Å². The second-order valence-electron chi connectivity index (χ2n) is 7.81. The highest BCUT2D eigenvalue weighted by molar-refractivity contribution is 6.31. The van der Waals surface area contributed by atoms with Gasteiger partial charge in [0.2, 0.25) is 5.76 Å². The van der Waals surface area contributed by atoms with Crippen molar-refractivity contribution >= 4 is 28.5 Å². The van der Waals surface area contributed by atoms with E-state index in [4.69, 9.17) is 20.8 Å². The first kappa shape index (κ1) is 21.0. The van der Waals surface area contributed by atoms with E-state index in [1.54, 1.807) is 29.2 Å². The smallest absolute Gasteiger partial charge is 0.291 e. The van der Waals surface area contributed by atoms with E-state index in [1.807, 2.05) is 54.6 Å². The van der Waals surface area contributed by atoms with Gasteiger partial charge in [0.1, 0.15) is 17.9 Å². The van der Waals surface area contributed by atoms with E-state index in [2.05, 4.69) is 6.58 Å². The number of hydrogen-bond acceptors (Lipinski definition) is 4. The van der Waals surface area contributed by atoms with Crippen LogP contribution >= 0.6 is 11.6 Å². The van der Waals surface area contributed by atoms with Crippen LogP contribution in [0, 0.1) is 0 Å². The molecule has 1 aliphatic rings. The molecule has 2 heterocycles. The van der Waals surface area contributed by atoms with Crippen LogP contribution in [-0.2, 0) is 6.61 Å². The molecule has 0 saturated carbocycles.